The van der Waals surface area contributed by atoms with Gasteiger partial charge in [0.2, 0.25) is 0 Å². The molecule has 22 heavy (non-hydrogen) atoms. The zero-order valence-electron chi connectivity index (χ0n) is 13.5. The summed E-state index contributed by atoms with van der Waals surface area (Å²) in [5.74, 6) is 1.23. The maximum atomic E-state index is 6.60. The van der Waals surface area contributed by atoms with Crippen molar-refractivity contribution in [2.75, 3.05) is 7.11 Å². The van der Waals surface area contributed by atoms with Crippen LogP contribution in [0.25, 0.3) is 0 Å². The molecule has 2 aromatic carbocycles. The molecule has 0 saturated heterocycles. The van der Waals surface area contributed by atoms with E-state index in [2.05, 4.69) is 49.4 Å². The molecule has 1 aliphatic carbocycles. The Kier molecular flexibility index (Phi) is 4.49. The minimum Gasteiger partial charge on any atom is -0.497 e. The van der Waals surface area contributed by atoms with Crippen LogP contribution in [0.5, 0.6) is 5.75 Å². The van der Waals surface area contributed by atoms with Gasteiger partial charge < -0.3 is 10.5 Å². The fraction of sp³-hybridized carbons (Fsp3) is 0.400. The van der Waals surface area contributed by atoms with Gasteiger partial charge in [-0.1, -0.05) is 43.7 Å². The van der Waals surface area contributed by atoms with E-state index in [0.29, 0.717) is 5.92 Å². The second-order valence-electron chi connectivity index (χ2n) is 6.19. The summed E-state index contributed by atoms with van der Waals surface area (Å²) < 4.78 is 5.41. The van der Waals surface area contributed by atoms with Gasteiger partial charge in [-0.2, -0.15) is 0 Å². The number of ether oxygens (including phenoxy) is 1. The summed E-state index contributed by atoms with van der Waals surface area (Å²) in [7, 11) is 1.73. The Balaban J connectivity index is 2.12. The van der Waals surface area contributed by atoms with Gasteiger partial charge in [0.25, 0.3) is 0 Å². The first-order chi connectivity index (χ1) is 10.7. The molecule has 0 amide bonds. The van der Waals surface area contributed by atoms with E-state index in [-0.39, 0.29) is 6.04 Å². The van der Waals surface area contributed by atoms with Crippen molar-refractivity contribution >= 4 is 0 Å². The van der Waals surface area contributed by atoms with Crippen molar-refractivity contribution in [1.29, 1.82) is 0 Å². The fourth-order valence-electron chi connectivity index (χ4n) is 3.69. The number of nitrogens with two attached hydrogens (primary N) is 1. The Labute approximate surface area is 133 Å². The number of fused-ring (bicyclic) bond motifs is 2. The quantitative estimate of drug-likeness (QED) is 0.923. The lowest BCUT2D eigenvalue weighted by Gasteiger charge is -2.26. The SMILES string of the molecule is CCCC(N)C1c2ccccc2CCc2cc(OC)ccc21. The van der Waals surface area contributed by atoms with Crippen LogP contribution in [0.15, 0.2) is 42.5 Å². The number of hydrogen-bond donors (Lipinski definition) is 1. The molecule has 0 aliphatic heterocycles. The van der Waals surface area contributed by atoms with Crippen molar-refractivity contribution in [2.24, 2.45) is 5.73 Å². The topological polar surface area (TPSA) is 35.2 Å². The molecule has 2 aromatic rings. The Morgan fingerprint density at radius 1 is 1.09 bits per heavy atom. The molecule has 1 aliphatic rings. The van der Waals surface area contributed by atoms with Crippen LogP contribution in [0.3, 0.4) is 0 Å². The molecule has 0 aromatic heterocycles. The van der Waals surface area contributed by atoms with Crippen molar-refractivity contribution < 1.29 is 4.74 Å². The molecule has 0 spiro atoms. The highest BCUT2D eigenvalue weighted by Crippen LogP contribution is 2.38. The van der Waals surface area contributed by atoms with E-state index in [1.165, 1.54) is 22.3 Å². The second kappa shape index (κ2) is 6.53. The molecule has 0 bridgehead atoms. The second-order valence-corrected chi connectivity index (χ2v) is 6.19. The van der Waals surface area contributed by atoms with E-state index < -0.39 is 0 Å². The Bertz CT molecular complexity index is 650. The van der Waals surface area contributed by atoms with Crippen LogP contribution in [-0.2, 0) is 12.8 Å². The molecule has 2 unspecified atom stereocenters. The first kappa shape index (κ1) is 15.1. The van der Waals surface area contributed by atoms with Gasteiger partial charge in [0.05, 0.1) is 7.11 Å². The molecule has 116 valence electrons. The summed E-state index contributed by atoms with van der Waals surface area (Å²) in [5, 5.41) is 0. The number of rotatable bonds is 4. The predicted molar refractivity (Wildman–Crippen MR) is 91.6 cm³/mol. The van der Waals surface area contributed by atoms with Gasteiger partial charge in [0, 0.05) is 12.0 Å². The van der Waals surface area contributed by atoms with E-state index in [0.717, 1.165) is 31.4 Å². The van der Waals surface area contributed by atoms with Gasteiger partial charge in [-0.3, -0.25) is 0 Å². The van der Waals surface area contributed by atoms with Gasteiger partial charge in [-0.05, 0) is 53.6 Å². The summed E-state index contributed by atoms with van der Waals surface area (Å²) in [6.45, 7) is 2.21. The third-order valence-corrected chi connectivity index (χ3v) is 4.79. The highest BCUT2D eigenvalue weighted by atomic mass is 16.5. The molecule has 2 N–H and O–H groups in total. The Morgan fingerprint density at radius 2 is 1.82 bits per heavy atom. The van der Waals surface area contributed by atoms with Crippen LogP contribution in [0.2, 0.25) is 0 Å². The molecule has 0 radical (unpaired) electrons. The summed E-state index contributed by atoms with van der Waals surface area (Å²) in [4.78, 5) is 0. The van der Waals surface area contributed by atoms with E-state index in [1.54, 1.807) is 7.11 Å². The number of methoxy groups -OCH3 is 1. The number of aryl methyl sites for hydroxylation is 2. The number of hydrogen-bond acceptors (Lipinski definition) is 2. The van der Waals surface area contributed by atoms with Crippen molar-refractivity contribution in [3.63, 3.8) is 0 Å². The van der Waals surface area contributed by atoms with Crippen LogP contribution in [0, 0.1) is 0 Å². The van der Waals surface area contributed by atoms with E-state index in [9.17, 15) is 0 Å². The zero-order chi connectivity index (χ0) is 15.5. The lowest BCUT2D eigenvalue weighted by Crippen LogP contribution is -2.29. The highest BCUT2D eigenvalue weighted by Gasteiger charge is 2.28. The molecule has 0 saturated carbocycles. The fourth-order valence-corrected chi connectivity index (χ4v) is 3.69. The lowest BCUT2D eigenvalue weighted by molar-refractivity contribution is 0.414. The molecule has 2 heteroatoms. The molecular weight excluding hydrogens is 270 g/mol. The third-order valence-electron chi connectivity index (χ3n) is 4.79. The minimum absolute atomic E-state index is 0.163. The smallest absolute Gasteiger partial charge is 0.119 e. The third kappa shape index (κ3) is 2.76. The lowest BCUT2D eigenvalue weighted by atomic mass is 9.81. The molecule has 0 heterocycles. The average Bonchev–Trinajstić information content (AvgIpc) is 2.71. The van der Waals surface area contributed by atoms with Crippen LogP contribution in [0.4, 0.5) is 0 Å². The van der Waals surface area contributed by atoms with Gasteiger partial charge in [0.15, 0.2) is 0 Å². The van der Waals surface area contributed by atoms with Gasteiger partial charge >= 0.3 is 0 Å². The van der Waals surface area contributed by atoms with Crippen molar-refractivity contribution in [2.45, 2.75) is 44.6 Å². The van der Waals surface area contributed by atoms with Gasteiger partial charge in [-0.25, -0.2) is 0 Å². The van der Waals surface area contributed by atoms with E-state index in [4.69, 9.17) is 10.5 Å². The van der Waals surface area contributed by atoms with Crippen molar-refractivity contribution in [1.82, 2.24) is 0 Å². The first-order valence-corrected chi connectivity index (χ1v) is 8.24. The van der Waals surface area contributed by atoms with Crippen LogP contribution in [-0.4, -0.2) is 13.2 Å². The van der Waals surface area contributed by atoms with Gasteiger partial charge in [-0.15, -0.1) is 0 Å². The largest absolute Gasteiger partial charge is 0.497 e. The Morgan fingerprint density at radius 3 is 2.59 bits per heavy atom. The molecule has 2 nitrogen and oxygen atoms in total. The molecule has 3 rings (SSSR count). The van der Waals surface area contributed by atoms with E-state index >= 15 is 0 Å². The minimum atomic E-state index is 0.163. The van der Waals surface area contributed by atoms with E-state index in [1.807, 2.05) is 0 Å². The zero-order valence-corrected chi connectivity index (χ0v) is 13.5. The summed E-state index contributed by atoms with van der Waals surface area (Å²) >= 11 is 0. The van der Waals surface area contributed by atoms with Crippen LogP contribution >= 0.6 is 0 Å². The Hall–Kier alpha value is -1.80. The first-order valence-electron chi connectivity index (χ1n) is 8.24. The molecule has 2 atom stereocenters. The molecule has 0 fully saturated rings. The van der Waals surface area contributed by atoms with Crippen molar-refractivity contribution in [3.8, 4) is 5.75 Å². The maximum Gasteiger partial charge on any atom is 0.119 e. The van der Waals surface area contributed by atoms with Crippen LogP contribution < -0.4 is 10.5 Å². The summed E-state index contributed by atoms with van der Waals surface area (Å²) in [5.41, 5.74) is 12.2. The molecular formula is C20H25NO. The van der Waals surface area contributed by atoms with Crippen molar-refractivity contribution in [3.05, 3.63) is 64.7 Å². The van der Waals surface area contributed by atoms with Gasteiger partial charge in [0.1, 0.15) is 5.75 Å². The summed E-state index contributed by atoms with van der Waals surface area (Å²) in [6, 6.07) is 15.4. The highest BCUT2D eigenvalue weighted by molar-refractivity contribution is 5.48. The predicted octanol–water partition coefficient (Wildman–Crippen LogP) is 4.05. The maximum absolute atomic E-state index is 6.60. The summed E-state index contributed by atoms with van der Waals surface area (Å²) in [6.07, 6.45) is 4.29. The van der Waals surface area contributed by atoms with Crippen LogP contribution in [0.1, 0.15) is 47.9 Å². The standard InChI is InChI=1S/C20H25NO/c1-3-6-19(21)20-17-8-5-4-7-14(17)9-10-15-13-16(22-2)11-12-18(15)20/h4-5,7-8,11-13,19-20H,3,6,9-10,21H2,1-2H3. The average molecular weight is 295 g/mol. The monoisotopic (exact) mass is 295 g/mol. The number of benzene rings is 2. The normalized spacial score (nSPS) is 18.0.